The van der Waals surface area contributed by atoms with E-state index in [9.17, 15) is 9.59 Å². The monoisotopic (exact) mass is 349 g/mol. The number of nitrogens with one attached hydrogen (secondary N) is 3. The number of ether oxygens (including phenoxy) is 2. The normalized spacial score (nSPS) is 14.4. The van der Waals surface area contributed by atoms with Crippen LogP contribution in [0.2, 0.25) is 0 Å². The van der Waals surface area contributed by atoms with Crippen molar-refractivity contribution in [2.75, 3.05) is 45.7 Å². The summed E-state index contributed by atoms with van der Waals surface area (Å²) in [6, 6.07) is 5.05. The van der Waals surface area contributed by atoms with Crippen LogP contribution in [0.1, 0.15) is 6.92 Å². The lowest BCUT2D eigenvalue weighted by atomic mass is 10.3. The molecule has 1 aliphatic rings. The first kappa shape index (κ1) is 18.4. The molecule has 3 amide bonds. The summed E-state index contributed by atoms with van der Waals surface area (Å²) < 4.78 is 10.5. The zero-order chi connectivity index (χ0) is 18.2. The summed E-state index contributed by atoms with van der Waals surface area (Å²) in [7, 11) is 3.14. The number of aliphatic imine (C=N–C) groups is 1. The predicted octanol–water partition coefficient (Wildman–Crippen LogP) is 0.633. The fraction of sp³-hybridized carbons (Fsp3) is 0.438. The van der Waals surface area contributed by atoms with Crippen LogP contribution >= 0.6 is 0 Å². The van der Waals surface area contributed by atoms with Gasteiger partial charge in [0, 0.05) is 18.3 Å². The zero-order valence-corrected chi connectivity index (χ0v) is 14.6. The standard InChI is InChI=1S/C16H23N5O4/c1-4-17-15(18-7-8-21-14(22)10-19-16(21)23)20-11-5-6-12(24-2)13(9-11)25-3/h5-6,9H,4,7-8,10H2,1-3H3,(H,19,23)(H2,17,18,20). The number of benzene rings is 1. The third kappa shape index (κ3) is 4.75. The quantitative estimate of drug-likeness (QED) is 0.379. The molecule has 0 saturated carbocycles. The summed E-state index contributed by atoms with van der Waals surface area (Å²) in [6.45, 7) is 3.19. The second kappa shape index (κ2) is 8.76. The third-order valence-electron chi connectivity index (χ3n) is 3.52. The molecule has 1 heterocycles. The van der Waals surface area contributed by atoms with Crippen molar-refractivity contribution in [1.82, 2.24) is 15.5 Å². The molecule has 1 saturated heterocycles. The van der Waals surface area contributed by atoms with Gasteiger partial charge in [-0.2, -0.15) is 0 Å². The summed E-state index contributed by atoms with van der Waals surface area (Å²) in [5.41, 5.74) is 0.771. The highest BCUT2D eigenvalue weighted by Crippen LogP contribution is 2.29. The number of amides is 3. The molecule has 25 heavy (non-hydrogen) atoms. The molecule has 1 aromatic rings. The lowest BCUT2D eigenvalue weighted by Gasteiger charge is -2.15. The number of hydrogen-bond acceptors (Lipinski definition) is 5. The van der Waals surface area contributed by atoms with Gasteiger partial charge in [-0.1, -0.05) is 0 Å². The Labute approximate surface area is 146 Å². The minimum Gasteiger partial charge on any atom is -0.493 e. The summed E-state index contributed by atoms with van der Waals surface area (Å²) in [5, 5.41) is 8.74. The second-order valence-corrected chi connectivity index (χ2v) is 5.16. The maximum absolute atomic E-state index is 11.5. The Balaban J connectivity index is 2.02. The van der Waals surface area contributed by atoms with Crippen molar-refractivity contribution in [2.24, 2.45) is 4.99 Å². The molecule has 2 rings (SSSR count). The van der Waals surface area contributed by atoms with Crippen LogP contribution in [0.3, 0.4) is 0 Å². The smallest absolute Gasteiger partial charge is 0.324 e. The lowest BCUT2D eigenvalue weighted by molar-refractivity contribution is -0.124. The van der Waals surface area contributed by atoms with Gasteiger partial charge < -0.3 is 25.4 Å². The van der Waals surface area contributed by atoms with Crippen LogP contribution < -0.4 is 25.4 Å². The molecule has 1 fully saturated rings. The highest BCUT2D eigenvalue weighted by molar-refractivity contribution is 6.02. The van der Waals surface area contributed by atoms with Crippen molar-refractivity contribution >= 4 is 23.6 Å². The molecule has 3 N–H and O–H groups in total. The van der Waals surface area contributed by atoms with Crippen molar-refractivity contribution in [3.63, 3.8) is 0 Å². The SMILES string of the molecule is CCNC(=NCCN1C(=O)CNC1=O)Nc1ccc(OC)c(OC)c1. The van der Waals surface area contributed by atoms with E-state index in [0.717, 1.165) is 10.6 Å². The Hall–Kier alpha value is -2.97. The molecule has 1 aliphatic heterocycles. The van der Waals surface area contributed by atoms with Crippen molar-refractivity contribution < 1.29 is 19.1 Å². The number of nitrogens with zero attached hydrogens (tertiary/aromatic N) is 2. The van der Waals surface area contributed by atoms with Gasteiger partial charge >= 0.3 is 6.03 Å². The number of anilines is 1. The number of carbonyl (C=O) groups is 2. The van der Waals surface area contributed by atoms with Crippen molar-refractivity contribution in [2.45, 2.75) is 6.92 Å². The molecule has 0 atom stereocenters. The van der Waals surface area contributed by atoms with Gasteiger partial charge in [0.1, 0.15) is 0 Å². The highest BCUT2D eigenvalue weighted by atomic mass is 16.5. The van der Waals surface area contributed by atoms with E-state index in [2.05, 4.69) is 20.9 Å². The van der Waals surface area contributed by atoms with Crippen molar-refractivity contribution in [1.29, 1.82) is 0 Å². The molecule has 0 bridgehead atoms. The van der Waals surface area contributed by atoms with Crippen LogP contribution in [0.25, 0.3) is 0 Å². The van der Waals surface area contributed by atoms with Gasteiger partial charge in [0.15, 0.2) is 17.5 Å². The van der Waals surface area contributed by atoms with E-state index < -0.39 is 0 Å². The number of hydrogen-bond donors (Lipinski definition) is 3. The summed E-state index contributed by atoms with van der Waals surface area (Å²) in [6.07, 6.45) is 0. The topological polar surface area (TPSA) is 104 Å². The maximum Gasteiger partial charge on any atom is 0.324 e. The van der Waals surface area contributed by atoms with Gasteiger partial charge in [0.05, 0.1) is 33.9 Å². The van der Waals surface area contributed by atoms with E-state index in [-0.39, 0.29) is 25.0 Å². The molecule has 9 heteroatoms. The van der Waals surface area contributed by atoms with Crippen LogP contribution in [0, 0.1) is 0 Å². The summed E-state index contributed by atoms with van der Waals surface area (Å²) in [4.78, 5) is 28.6. The van der Waals surface area contributed by atoms with E-state index in [0.29, 0.717) is 30.5 Å². The van der Waals surface area contributed by atoms with Gasteiger partial charge in [-0.3, -0.25) is 14.7 Å². The number of imide groups is 1. The van der Waals surface area contributed by atoms with Gasteiger partial charge in [0.2, 0.25) is 5.91 Å². The molecule has 1 aromatic carbocycles. The minimum absolute atomic E-state index is 0.0481. The zero-order valence-electron chi connectivity index (χ0n) is 14.6. The molecule has 0 aliphatic carbocycles. The van der Waals surface area contributed by atoms with Gasteiger partial charge in [-0.05, 0) is 19.1 Å². The predicted molar refractivity (Wildman–Crippen MR) is 94.3 cm³/mol. The fourth-order valence-corrected chi connectivity index (χ4v) is 2.30. The first-order chi connectivity index (χ1) is 12.1. The van der Waals surface area contributed by atoms with Crippen LogP contribution in [-0.2, 0) is 4.79 Å². The average Bonchev–Trinajstić information content (AvgIpc) is 2.93. The Bertz CT molecular complexity index is 646. The van der Waals surface area contributed by atoms with Gasteiger partial charge in [0.25, 0.3) is 0 Å². The first-order valence-corrected chi connectivity index (χ1v) is 7.94. The fourth-order valence-electron chi connectivity index (χ4n) is 2.30. The van der Waals surface area contributed by atoms with E-state index in [1.165, 1.54) is 0 Å². The lowest BCUT2D eigenvalue weighted by Crippen LogP contribution is -2.35. The van der Waals surface area contributed by atoms with Crippen LogP contribution in [-0.4, -0.2) is 63.2 Å². The Morgan fingerprint density at radius 3 is 2.64 bits per heavy atom. The molecule has 0 spiro atoms. The number of rotatable bonds is 7. The number of urea groups is 1. The number of carbonyl (C=O) groups excluding carboxylic acids is 2. The minimum atomic E-state index is -0.377. The molecular weight excluding hydrogens is 326 g/mol. The van der Waals surface area contributed by atoms with Crippen molar-refractivity contribution in [3.8, 4) is 11.5 Å². The van der Waals surface area contributed by atoms with Crippen LogP contribution in [0.15, 0.2) is 23.2 Å². The van der Waals surface area contributed by atoms with E-state index in [4.69, 9.17) is 9.47 Å². The van der Waals surface area contributed by atoms with Crippen molar-refractivity contribution in [3.05, 3.63) is 18.2 Å². The molecule has 0 aromatic heterocycles. The molecule has 0 radical (unpaired) electrons. The van der Waals surface area contributed by atoms with E-state index in [1.54, 1.807) is 26.4 Å². The first-order valence-electron chi connectivity index (χ1n) is 7.94. The van der Waals surface area contributed by atoms with E-state index >= 15 is 0 Å². The molecule has 136 valence electrons. The Morgan fingerprint density at radius 2 is 2.04 bits per heavy atom. The Morgan fingerprint density at radius 1 is 1.28 bits per heavy atom. The maximum atomic E-state index is 11.5. The second-order valence-electron chi connectivity index (χ2n) is 5.16. The summed E-state index contributed by atoms with van der Waals surface area (Å²) in [5.74, 6) is 1.54. The highest BCUT2D eigenvalue weighted by Gasteiger charge is 2.27. The van der Waals surface area contributed by atoms with Gasteiger partial charge in [-0.15, -0.1) is 0 Å². The Kier molecular flexibility index (Phi) is 6.44. The number of methoxy groups -OCH3 is 2. The van der Waals surface area contributed by atoms with Crippen LogP contribution in [0.5, 0.6) is 11.5 Å². The molecular formula is C16H23N5O4. The third-order valence-corrected chi connectivity index (χ3v) is 3.52. The van der Waals surface area contributed by atoms with Crippen LogP contribution in [0.4, 0.5) is 10.5 Å². The molecule has 0 unspecified atom stereocenters. The van der Waals surface area contributed by atoms with E-state index in [1.807, 2.05) is 13.0 Å². The summed E-state index contributed by atoms with van der Waals surface area (Å²) >= 11 is 0. The average molecular weight is 349 g/mol. The largest absolute Gasteiger partial charge is 0.493 e. The number of guanidine groups is 1. The van der Waals surface area contributed by atoms with Gasteiger partial charge in [-0.25, -0.2) is 4.79 Å². The molecule has 9 nitrogen and oxygen atoms in total.